The second-order valence-corrected chi connectivity index (χ2v) is 8.01. The van der Waals surface area contributed by atoms with E-state index in [0.717, 1.165) is 48.0 Å². The lowest BCUT2D eigenvalue weighted by atomic mass is 10.0. The zero-order valence-corrected chi connectivity index (χ0v) is 18.9. The molecule has 172 valence electrons. The number of aromatic nitrogens is 1. The predicted molar refractivity (Wildman–Crippen MR) is 126 cm³/mol. The molecule has 1 atom stereocenters. The van der Waals surface area contributed by atoms with Crippen LogP contribution in [0.3, 0.4) is 0 Å². The van der Waals surface area contributed by atoms with E-state index in [1.807, 2.05) is 49.5 Å². The van der Waals surface area contributed by atoms with Crippen LogP contribution in [0.4, 0.5) is 10.2 Å². The molecule has 1 amide bonds. The quantitative estimate of drug-likeness (QED) is 0.406. The first-order valence-corrected chi connectivity index (χ1v) is 10.9. The topological polar surface area (TPSA) is 91.3 Å². The second-order valence-electron chi connectivity index (χ2n) is 7.60. The third-order valence-corrected chi connectivity index (χ3v) is 5.53. The Labute approximate surface area is 196 Å². The third kappa shape index (κ3) is 6.76. The summed E-state index contributed by atoms with van der Waals surface area (Å²) in [5.41, 5.74) is 2.52. The normalized spacial score (nSPS) is 11.6. The highest BCUT2D eigenvalue weighted by atomic mass is 35.5. The number of amides is 1. The number of halogens is 2. The maximum absolute atomic E-state index is 14.0. The van der Waals surface area contributed by atoms with E-state index in [2.05, 4.69) is 15.6 Å². The molecule has 2 aromatic carbocycles. The molecule has 0 fully saturated rings. The van der Waals surface area contributed by atoms with Crippen molar-refractivity contribution in [1.82, 2.24) is 10.3 Å². The number of hydrogen-bond donors (Lipinski definition) is 3. The summed E-state index contributed by atoms with van der Waals surface area (Å²) in [7, 11) is 1.84. The molecular formula is C25H25ClFN3O3. The van der Waals surface area contributed by atoms with Gasteiger partial charge in [0.1, 0.15) is 17.7 Å². The van der Waals surface area contributed by atoms with Gasteiger partial charge in [0.05, 0.1) is 10.6 Å². The number of carboxylic acids is 1. The molecule has 0 saturated heterocycles. The average molecular weight is 470 g/mol. The van der Waals surface area contributed by atoms with Gasteiger partial charge in [-0.1, -0.05) is 48.0 Å². The first kappa shape index (κ1) is 24.2. The van der Waals surface area contributed by atoms with Crippen molar-refractivity contribution in [1.29, 1.82) is 0 Å². The number of nitrogens with zero attached hydrogens (tertiary/aromatic N) is 1. The van der Waals surface area contributed by atoms with Crippen LogP contribution in [-0.4, -0.2) is 35.1 Å². The van der Waals surface area contributed by atoms with Crippen LogP contribution in [0.25, 0.3) is 0 Å². The van der Waals surface area contributed by atoms with Gasteiger partial charge < -0.3 is 15.7 Å². The van der Waals surface area contributed by atoms with Gasteiger partial charge in [-0.15, -0.1) is 0 Å². The lowest BCUT2D eigenvalue weighted by Crippen LogP contribution is -2.42. The summed E-state index contributed by atoms with van der Waals surface area (Å²) in [6.07, 6.45) is 2.70. The van der Waals surface area contributed by atoms with Gasteiger partial charge in [0.2, 0.25) is 0 Å². The molecule has 3 aromatic rings. The van der Waals surface area contributed by atoms with Crippen LogP contribution in [0.15, 0.2) is 60.7 Å². The summed E-state index contributed by atoms with van der Waals surface area (Å²) in [5.74, 6) is -2.04. The monoisotopic (exact) mass is 469 g/mol. The van der Waals surface area contributed by atoms with Crippen molar-refractivity contribution in [2.45, 2.75) is 31.7 Å². The number of carboxylic acid groups (broad SMARTS) is 1. The Balaban J connectivity index is 1.57. The van der Waals surface area contributed by atoms with E-state index in [9.17, 15) is 19.1 Å². The molecule has 0 aliphatic rings. The van der Waals surface area contributed by atoms with Gasteiger partial charge in [0.15, 0.2) is 0 Å². The molecule has 33 heavy (non-hydrogen) atoms. The summed E-state index contributed by atoms with van der Waals surface area (Å²) < 4.78 is 14.0. The Morgan fingerprint density at radius 1 is 1.03 bits per heavy atom. The van der Waals surface area contributed by atoms with E-state index >= 15 is 0 Å². The number of pyridine rings is 1. The van der Waals surface area contributed by atoms with Crippen molar-refractivity contribution in [2.75, 3.05) is 12.4 Å². The minimum atomic E-state index is -1.22. The Morgan fingerprint density at radius 3 is 2.39 bits per heavy atom. The maximum Gasteiger partial charge on any atom is 0.326 e. The molecule has 3 N–H and O–H groups in total. The fourth-order valence-corrected chi connectivity index (χ4v) is 3.70. The number of benzene rings is 2. The molecule has 0 unspecified atom stereocenters. The first-order chi connectivity index (χ1) is 15.9. The van der Waals surface area contributed by atoms with Crippen LogP contribution in [0.1, 0.15) is 33.6 Å². The fourth-order valence-electron chi connectivity index (χ4n) is 3.45. The van der Waals surface area contributed by atoms with Crippen LogP contribution in [0.5, 0.6) is 0 Å². The minimum absolute atomic E-state index is 0.0636. The lowest BCUT2D eigenvalue weighted by molar-refractivity contribution is -0.139. The number of carbonyl (C=O) groups is 2. The van der Waals surface area contributed by atoms with Crippen LogP contribution in [0.2, 0.25) is 5.02 Å². The zero-order valence-electron chi connectivity index (χ0n) is 18.1. The molecule has 0 bridgehead atoms. The fraction of sp³-hybridized carbons (Fsp3) is 0.240. The third-order valence-electron chi connectivity index (χ3n) is 5.22. The number of anilines is 1. The summed E-state index contributed by atoms with van der Waals surface area (Å²) in [6.45, 7) is 0. The summed E-state index contributed by atoms with van der Waals surface area (Å²) in [6, 6.07) is 16.1. The van der Waals surface area contributed by atoms with Crippen molar-refractivity contribution in [3.05, 3.63) is 93.9 Å². The molecule has 8 heteroatoms. The summed E-state index contributed by atoms with van der Waals surface area (Å²) in [5, 5.41) is 14.8. The van der Waals surface area contributed by atoms with Crippen LogP contribution in [-0.2, 0) is 24.1 Å². The van der Waals surface area contributed by atoms with Gasteiger partial charge in [0.25, 0.3) is 5.91 Å². The highest BCUT2D eigenvalue weighted by Crippen LogP contribution is 2.19. The lowest BCUT2D eigenvalue weighted by Gasteiger charge is -2.16. The van der Waals surface area contributed by atoms with Crippen LogP contribution in [0, 0.1) is 5.82 Å². The maximum atomic E-state index is 14.0. The zero-order chi connectivity index (χ0) is 23.8. The molecule has 0 aliphatic heterocycles. The average Bonchev–Trinajstić information content (AvgIpc) is 2.79. The van der Waals surface area contributed by atoms with Gasteiger partial charge >= 0.3 is 5.97 Å². The molecule has 0 spiro atoms. The van der Waals surface area contributed by atoms with E-state index in [4.69, 9.17) is 11.6 Å². The van der Waals surface area contributed by atoms with E-state index < -0.39 is 23.7 Å². The molecule has 3 rings (SSSR count). The molecule has 1 heterocycles. The van der Waals surface area contributed by atoms with Crippen molar-refractivity contribution in [3.8, 4) is 0 Å². The highest BCUT2D eigenvalue weighted by molar-refractivity contribution is 6.33. The van der Waals surface area contributed by atoms with Gasteiger partial charge in [-0.05, 0) is 54.7 Å². The van der Waals surface area contributed by atoms with Crippen LogP contribution < -0.4 is 10.6 Å². The minimum Gasteiger partial charge on any atom is -0.480 e. The van der Waals surface area contributed by atoms with Gasteiger partial charge in [-0.2, -0.15) is 0 Å². The predicted octanol–water partition coefficient (Wildman–Crippen LogP) is 4.52. The number of rotatable bonds is 10. The number of carbonyl (C=O) groups excluding carboxylic acids is 1. The second kappa shape index (κ2) is 11.4. The number of hydrogen-bond acceptors (Lipinski definition) is 4. The highest BCUT2D eigenvalue weighted by Gasteiger charge is 2.24. The summed E-state index contributed by atoms with van der Waals surface area (Å²) >= 11 is 5.91. The van der Waals surface area contributed by atoms with E-state index in [-0.39, 0.29) is 17.0 Å². The SMILES string of the molecule is CNc1cccc(CCCc2ccc(C[C@H](NC(=O)c3c(F)cccc3Cl)C(=O)O)cc2)n1. The molecule has 0 aliphatic carbocycles. The van der Waals surface area contributed by atoms with E-state index in [1.54, 1.807) is 0 Å². The molecule has 6 nitrogen and oxygen atoms in total. The number of aliphatic carboxylic acids is 1. The molecular weight excluding hydrogens is 445 g/mol. The first-order valence-electron chi connectivity index (χ1n) is 10.6. The van der Waals surface area contributed by atoms with Gasteiger partial charge in [-0.25, -0.2) is 14.2 Å². The van der Waals surface area contributed by atoms with Crippen molar-refractivity contribution < 1.29 is 19.1 Å². The molecule has 0 saturated carbocycles. The van der Waals surface area contributed by atoms with E-state index in [0.29, 0.717) is 0 Å². The van der Waals surface area contributed by atoms with Gasteiger partial charge in [0, 0.05) is 19.2 Å². The number of nitrogens with one attached hydrogen (secondary N) is 2. The summed E-state index contributed by atoms with van der Waals surface area (Å²) in [4.78, 5) is 28.6. The molecule has 0 radical (unpaired) electrons. The Bertz CT molecular complexity index is 1100. The van der Waals surface area contributed by atoms with Gasteiger partial charge in [-0.3, -0.25) is 4.79 Å². The number of aryl methyl sites for hydroxylation is 2. The molecule has 1 aromatic heterocycles. The van der Waals surface area contributed by atoms with Crippen molar-refractivity contribution in [2.24, 2.45) is 0 Å². The standard InChI is InChI=1S/C25H25ClFN3O3/c1-28-22-10-3-7-18(29-22)6-2-5-16-11-13-17(14-12-16)15-21(25(32)33)30-24(31)23-19(26)8-4-9-20(23)27/h3-4,7-14,21H,2,5-6,15H2,1H3,(H,28,29)(H,30,31)(H,32,33)/t21-/m0/s1. The Kier molecular flexibility index (Phi) is 8.38. The van der Waals surface area contributed by atoms with Crippen molar-refractivity contribution in [3.63, 3.8) is 0 Å². The Hall–Kier alpha value is -3.45. The largest absolute Gasteiger partial charge is 0.480 e. The van der Waals surface area contributed by atoms with E-state index in [1.165, 1.54) is 12.1 Å². The van der Waals surface area contributed by atoms with Crippen molar-refractivity contribution >= 4 is 29.3 Å². The van der Waals surface area contributed by atoms with Crippen LogP contribution >= 0.6 is 11.6 Å². The smallest absolute Gasteiger partial charge is 0.326 e. The Morgan fingerprint density at radius 2 is 1.73 bits per heavy atom.